The molecule has 2 aromatic rings. The Kier molecular flexibility index (Phi) is 4.02. The molecule has 6 heteroatoms. The van der Waals surface area contributed by atoms with E-state index in [1.54, 1.807) is 6.92 Å². The van der Waals surface area contributed by atoms with Crippen LogP contribution in [0.15, 0.2) is 34.7 Å². The first-order valence-corrected chi connectivity index (χ1v) is 7.42. The molecule has 1 atom stereocenters. The largest absolute Gasteiger partial charge is 0.491 e. The number of hydrogen-bond acceptors (Lipinski definition) is 6. The molecule has 2 heterocycles. The summed E-state index contributed by atoms with van der Waals surface area (Å²) in [6.07, 6.45) is -0.0591. The van der Waals surface area contributed by atoms with Crippen LogP contribution in [0.25, 0.3) is 0 Å². The lowest BCUT2D eigenvalue weighted by molar-refractivity contribution is -0.0980. The second-order valence-electron chi connectivity index (χ2n) is 6.11. The average molecular weight is 303 g/mol. The van der Waals surface area contributed by atoms with Gasteiger partial charge in [-0.3, -0.25) is 0 Å². The molecule has 0 spiro atoms. The first-order chi connectivity index (χ1) is 10.5. The fourth-order valence-corrected chi connectivity index (χ4v) is 2.65. The maximum absolute atomic E-state index is 6.10. The summed E-state index contributed by atoms with van der Waals surface area (Å²) >= 11 is 0. The Hall–Kier alpha value is -2.08. The fourth-order valence-electron chi connectivity index (χ4n) is 2.65. The van der Waals surface area contributed by atoms with Crippen LogP contribution >= 0.6 is 0 Å². The Morgan fingerprint density at radius 2 is 2.05 bits per heavy atom. The normalized spacial score (nSPS) is 20.9. The molecule has 1 aliphatic heterocycles. The molecule has 1 aromatic heterocycles. The molecule has 0 bridgehead atoms. The minimum atomic E-state index is -0.300. The highest BCUT2D eigenvalue weighted by Crippen LogP contribution is 2.25. The second kappa shape index (κ2) is 5.96. The third-order valence-corrected chi connectivity index (χ3v) is 3.45. The van der Waals surface area contributed by atoms with Gasteiger partial charge in [0.25, 0.3) is 0 Å². The molecule has 0 unspecified atom stereocenters. The molecule has 22 heavy (non-hydrogen) atoms. The number of nitrogens with zero attached hydrogens (tertiary/aromatic N) is 3. The monoisotopic (exact) mass is 303 g/mol. The van der Waals surface area contributed by atoms with E-state index in [1.807, 2.05) is 30.3 Å². The molecule has 1 fully saturated rings. The van der Waals surface area contributed by atoms with Crippen molar-refractivity contribution in [3.8, 4) is 5.75 Å². The SMILES string of the molecule is Cc1nnc(N2C[C@@H](COc3ccccc3)OC(C)(C)C2)o1. The summed E-state index contributed by atoms with van der Waals surface area (Å²) in [5.74, 6) is 1.41. The van der Waals surface area contributed by atoms with Gasteiger partial charge in [0.05, 0.1) is 18.7 Å². The summed E-state index contributed by atoms with van der Waals surface area (Å²) in [5.41, 5.74) is -0.300. The first kappa shape index (κ1) is 14.8. The summed E-state index contributed by atoms with van der Waals surface area (Å²) < 4.78 is 17.4. The molecule has 0 amide bonds. The van der Waals surface area contributed by atoms with Gasteiger partial charge >= 0.3 is 6.01 Å². The Labute approximate surface area is 130 Å². The van der Waals surface area contributed by atoms with Gasteiger partial charge in [0.2, 0.25) is 5.89 Å². The number of hydrogen-bond donors (Lipinski definition) is 0. The van der Waals surface area contributed by atoms with Crippen molar-refractivity contribution in [1.82, 2.24) is 10.2 Å². The Balaban J connectivity index is 1.66. The predicted molar refractivity (Wildman–Crippen MR) is 82.1 cm³/mol. The van der Waals surface area contributed by atoms with Gasteiger partial charge in [-0.05, 0) is 26.0 Å². The second-order valence-corrected chi connectivity index (χ2v) is 6.11. The minimum Gasteiger partial charge on any atom is -0.491 e. The lowest BCUT2D eigenvalue weighted by Gasteiger charge is -2.41. The van der Waals surface area contributed by atoms with Crippen molar-refractivity contribution in [3.63, 3.8) is 0 Å². The van der Waals surface area contributed by atoms with Crippen LogP contribution in [0, 0.1) is 6.92 Å². The highest BCUT2D eigenvalue weighted by Gasteiger charge is 2.35. The summed E-state index contributed by atoms with van der Waals surface area (Å²) in [4.78, 5) is 2.06. The number of morpholine rings is 1. The molecule has 1 saturated heterocycles. The average Bonchev–Trinajstić information content (AvgIpc) is 2.91. The highest BCUT2D eigenvalue weighted by atomic mass is 16.6. The third kappa shape index (κ3) is 3.57. The van der Waals surface area contributed by atoms with Gasteiger partial charge in [-0.2, -0.15) is 0 Å². The smallest absolute Gasteiger partial charge is 0.318 e. The maximum Gasteiger partial charge on any atom is 0.318 e. The Morgan fingerprint density at radius 3 is 2.73 bits per heavy atom. The Morgan fingerprint density at radius 1 is 1.27 bits per heavy atom. The van der Waals surface area contributed by atoms with E-state index >= 15 is 0 Å². The van der Waals surface area contributed by atoms with Crippen molar-refractivity contribution in [2.24, 2.45) is 0 Å². The topological polar surface area (TPSA) is 60.6 Å². The van der Waals surface area contributed by atoms with Crippen LogP contribution in [0.3, 0.4) is 0 Å². The van der Waals surface area contributed by atoms with Crippen molar-refractivity contribution >= 4 is 6.01 Å². The number of aromatic nitrogens is 2. The first-order valence-electron chi connectivity index (χ1n) is 7.42. The summed E-state index contributed by atoms with van der Waals surface area (Å²) in [6.45, 7) is 7.75. The van der Waals surface area contributed by atoms with Crippen molar-refractivity contribution in [3.05, 3.63) is 36.2 Å². The molecule has 0 aliphatic carbocycles. The van der Waals surface area contributed by atoms with Gasteiger partial charge < -0.3 is 18.8 Å². The van der Waals surface area contributed by atoms with Crippen molar-refractivity contribution in [2.45, 2.75) is 32.5 Å². The van der Waals surface area contributed by atoms with Crippen molar-refractivity contribution in [2.75, 3.05) is 24.6 Å². The number of anilines is 1. The molecular formula is C16H21N3O3. The van der Waals surface area contributed by atoms with Crippen molar-refractivity contribution < 1.29 is 13.9 Å². The molecule has 118 valence electrons. The molecule has 1 aliphatic rings. The van der Waals surface area contributed by atoms with Gasteiger partial charge in [-0.15, -0.1) is 5.10 Å². The fraction of sp³-hybridized carbons (Fsp3) is 0.500. The zero-order valence-electron chi connectivity index (χ0n) is 13.2. The third-order valence-electron chi connectivity index (χ3n) is 3.45. The van der Waals surface area contributed by atoms with Crippen LogP contribution in [0.1, 0.15) is 19.7 Å². The maximum atomic E-state index is 6.10. The summed E-state index contributed by atoms with van der Waals surface area (Å²) in [7, 11) is 0. The van der Waals surface area contributed by atoms with E-state index in [0.29, 0.717) is 31.6 Å². The number of rotatable bonds is 4. The highest BCUT2D eigenvalue weighted by molar-refractivity contribution is 5.27. The van der Waals surface area contributed by atoms with E-state index in [9.17, 15) is 0 Å². The van der Waals surface area contributed by atoms with E-state index in [0.717, 1.165) is 5.75 Å². The lowest BCUT2D eigenvalue weighted by atomic mass is 10.1. The summed E-state index contributed by atoms with van der Waals surface area (Å²) in [6, 6.07) is 10.3. The molecule has 0 radical (unpaired) electrons. The standard InChI is InChI=1S/C16H21N3O3/c1-12-17-18-15(21-12)19-9-14(22-16(2,3)11-19)10-20-13-7-5-4-6-8-13/h4-8,14H,9-11H2,1-3H3/t14-/m0/s1. The molecule has 1 aromatic carbocycles. The van der Waals surface area contributed by atoms with Crippen LogP contribution in [0.2, 0.25) is 0 Å². The van der Waals surface area contributed by atoms with E-state index in [4.69, 9.17) is 13.9 Å². The number of benzene rings is 1. The minimum absolute atomic E-state index is 0.0591. The van der Waals surface area contributed by atoms with Crippen LogP contribution in [-0.2, 0) is 4.74 Å². The van der Waals surface area contributed by atoms with Gasteiger partial charge in [0.1, 0.15) is 18.5 Å². The van der Waals surface area contributed by atoms with E-state index in [2.05, 4.69) is 28.9 Å². The van der Waals surface area contributed by atoms with Crippen LogP contribution < -0.4 is 9.64 Å². The van der Waals surface area contributed by atoms with E-state index in [1.165, 1.54) is 0 Å². The summed E-state index contributed by atoms with van der Waals surface area (Å²) in [5, 5.41) is 8.00. The quantitative estimate of drug-likeness (QED) is 0.864. The number of ether oxygens (including phenoxy) is 2. The molecule has 0 N–H and O–H groups in total. The zero-order valence-corrected chi connectivity index (χ0v) is 13.2. The van der Waals surface area contributed by atoms with Crippen LogP contribution in [0.5, 0.6) is 5.75 Å². The number of aryl methyl sites for hydroxylation is 1. The van der Waals surface area contributed by atoms with Gasteiger partial charge in [-0.25, -0.2) is 0 Å². The zero-order chi connectivity index (χ0) is 15.6. The van der Waals surface area contributed by atoms with Crippen molar-refractivity contribution in [1.29, 1.82) is 0 Å². The molecular weight excluding hydrogens is 282 g/mol. The molecule has 0 saturated carbocycles. The Bertz CT molecular complexity index is 612. The lowest BCUT2D eigenvalue weighted by Crippen LogP contribution is -2.54. The van der Waals surface area contributed by atoms with Gasteiger partial charge in [-0.1, -0.05) is 23.3 Å². The molecule has 3 rings (SSSR count). The van der Waals surface area contributed by atoms with E-state index in [-0.39, 0.29) is 11.7 Å². The molecule has 6 nitrogen and oxygen atoms in total. The predicted octanol–water partition coefficient (Wildman–Crippen LogP) is 2.44. The van der Waals surface area contributed by atoms with E-state index < -0.39 is 0 Å². The van der Waals surface area contributed by atoms with Crippen LogP contribution in [-0.4, -0.2) is 41.6 Å². The van der Waals surface area contributed by atoms with Gasteiger partial charge in [0.15, 0.2) is 0 Å². The van der Waals surface area contributed by atoms with Gasteiger partial charge in [0, 0.05) is 6.92 Å². The number of para-hydroxylation sites is 1. The van der Waals surface area contributed by atoms with Crippen LogP contribution in [0.4, 0.5) is 6.01 Å².